The highest BCUT2D eigenvalue weighted by Gasteiger charge is 2.30. The van der Waals surface area contributed by atoms with E-state index in [0.717, 1.165) is 19.0 Å². The van der Waals surface area contributed by atoms with Crippen molar-refractivity contribution >= 4 is 0 Å². The molecule has 90 valence electrons. The summed E-state index contributed by atoms with van der Waals surface area (Å²) in [7, 11) is 0. The fourth-order valence-electron chi connectivity index (χ4n) is 3.01. The van der Waals surface area contributed by atoms with Crippen molar-refractivity contribution in [2.75, 3.05) is 6.54 Å². The Morgan fingerprint density at radius 3 is 3.00 bits per heavy atom. The number of nitrogens with two attached hydrogens (primary N) is 1. The molecule has 1 heterocycles. The summed E-state index contributed by atoms with van der Waals surface area (Å²) in [5, 5.41) is 4.38. The molecular weight excluding hydrogens is 198 g/mol. The molecule has 0 amide bonds. The van der Waals surface area contributed by atoms with Gasteiger partial charge in [-0.05, 0) is 44.2 Å². The predicted molar refractivity (Wildman–Crippen MR) is 66.2 cm³/mol. The molecule has 1 aromatic rings. The molecule has 0 radical (unpaired) electrons. The maximum atomic E-state index is 5.91. The smallest absolute Gasteiger partial charge is 0.0492 e. The molecule has 1 fully saturated rings. The highest BCUT2D eigenvalue weighted by molar-refractivity contribution is 5.11. The highest BCUT2D eigenvalue weighted by atomic mass is 15.3. The summed E-state index contributed by atoms with van der Waals surface area (Å²) in [5.41, 5.74) is 7.30. The first kappa shape index (κ1) is 11.6. The third-order valence-corrected chi connectivity index (χ3v) is 3.99. The van der Waals surface area contributed by atoms with Crippen LogP contribution in [0.25, 0.3) is 0 Å². The first-order valence-electron chi connectivity index (χ1n) is 6.48. The first-order chi connectivity index (χ1) is 7.76. The lowest BCUT2D eigenvalue weighted by Gasteiger charge is -2.34. The average Bonchev–Trinajstić information content (AvgIpc) is 2.76. The number of hydrogen-bond acceptors (Lipinski definition) is 2. The van der Waals surface area contributed by atoms with Crippen molar-refractivity contribution in [1.82, 2.24) is 9.78 Å². The molecule has 16 heavy (non-hydrogen) atoms. The summed E-state index contributed by atoms with van der Waals surface area (Å²) in [6.45, 7) is 6.28. The van der Waals surface area contributed by atoms with Gasteiger partial charge < -0.3 is 5.73 Å². The summed E-state index contributed by atoms with van der Waals surface area (Å²) in [6.07, 6.45) is 5.80. The molecule has 0 saturated heterocycles. The van der Waals surface area contributed by atoms with Gasteiger partial charge in [-0.1, -0.05) is 13.3 Å². The zero-order chi connectivity index (χ0) is 11.5. The summed E-state index contributed by atoms with van der Waals surface area (Å²) in [5.74, 6) is 2.10. The summed E-state index contributed by atoms with van der Waals surface area (Å²) < 4.78 is 2.13. The van der Waals surface area contributed by atoms with Crippen molar-refractivity contribution in [2.24, 2.45) is 17.6 Å². The second kappa shape index (κ2) is 5.00. The third kappa shape index (κ3) is 2.14. The molecule has 3 nitrogen and oxygen atoms in total. The zero-order valence-electron chi connectivity index (χ0n) is 10.4. The van der Waals surface area contributed by atoms with Crippen LogP contribution in [0.4, 0.5) is 0 Å². The van der Waals surface area contributed by atoms with Crippen molar-refractivity contribution in [2.45, 2.75) is 45.6 Å². The molecular formula is C13H23N3. The van der Waals surface area contributed by atoms with Crippen LogP contribution in [0, 0.1) is 11.8 Å². The summed E-state index contributed by atoms with van der Waals surface area (Å²) >= 11 is 0. The van der Waals surface area contributed by atoms with Crippen molar-refractivity contribution < 1.29 is 0 Å². The molecule has 1 saturated carbocycles. The summed E-state index contributed by atoms with van der Waals surface area (Å²) in [4.78, 5) is 0. The first-order valence-corrected chi connectivity index (χ1v) is 6.48. The molecule has 2 rings (SSSR count). The van der Waals surface area contributed by atoms with Crippen LogP contribution in [-0.4, -0.2) is 16.3 Å². The quantitative estimate of drug-likeness (QED) is 0.851. The van der Waals surface area contributed by atoms with E-state index in [1.54, 1.807) is 0 Å². The van der Waals surface area contributed by atoms with Gasteiger partial charge in [0.15, 0.2) is 0 Å². The Labute approximate surface area is 98.0 Å². The van der Waals surface area contributed by atoms with Crippen LogP contribution >= 0.6 is 0 Å². The Balaban J connectivity index is 2.22. The van der Waals surface area contributed by atoms with Gasteiger partial charge in [0, 0.05) is 24.4 Å². The Hall–Kier alpha value is -0.830. The number of hydrogen-bond donors (Lipinski definition) is 1. The Kier molecular flexibility index (Phi) is 3.64. The van der Waals surface area contributed by atoms with Crippen molar-refractivity contribution in [3.63, 3.8) is 0 Å². The van der Waals surface area contributed by atoms with Gasteiger partial charge in [0.2, 0.25) is 0 Å². The molecule has 3 heteroatoms. The standard InChI is InChI=1S/C13H23N3/c1-3-16-13(6-7-15-16)12-8-10(2)4-5-11(12)9-14/h6-7,10-12H,3-5,8-9,14H2,1-2H3. The SMILES string of the molecule is CCn1nccc1C1CC(C)CCC1CN. The van der Waals surface area contributed by atoms with Crippen molar-refractivity contribution in [3.05, 3.63) is 18.0 Å². The predicted octanol–water partition coefficient (Wildman–Crippen LogP) is 2.38. The van der Waals surface area contributed by atoms with Gasteiger partial charge in [-0.2, -0.15) is 5.10 Å². The second-order valence-corrected chi connectivity index (χ2v) is 5.09. The van der Waals surface area contributed by atoms with Gasteiger partial charge in [0.05, 0.1) is 0 Å². The minimum atomic E-state index is 0.621. The summed E-state index contributed by atoms with van der Waals surface area (Å²) in [6, 6.07) is 2.18. The van der Waals surface area contributed by atoms with Crippen LogP contribution in [0.2, 0.25) is 0 Å². The number of nitrogens with zero attached hydrogens (tertiary/aromatic N) is 2. The van der Waals surface area contributed by atoms with Gasteiger partial charge >= 0.3 is 0 Å². The van der Waals surface area contributed by atoms with Gasteiger partial charge in [0.25, 0.3) is 0 Å². The topological polar surface area (TPSA) is 43.8 Å². The second-order valence-electron chi connectivity index (χ2n) is 5.09. The van der Waals surface area contributed by atoms with E-state index in [-0.39, 0.29) is 0 Å². The van der Waals surface area contributed by atoms with Gasteiger partial charge in [0.1, 0.15) is 0 Å². The number of rotatable bonds is 3. The lowest BCUT2D eigenvalue weighted by atomic mass is 9.73. The minimum absolute atomic E-state index is 0.621. The van der Waals surface area contributed by atoms with E-state index >= 15 is 0 Å². The molecule has 3 unspecified atom stereocenters. The fourth-order valence-corrected chi connectivity index (χ4v) is 3.01. The molecule has 1 aliphatic rings. The van der Waals surface area contributed by atoms with Gasteiger partial charge in [-0.25, -0.2) is 0 Å². The number of aryl methyl sites for hydroxylation is 1. The van der Waals surface area contributed by atoms with E-state index in [4.69, 9.17) is 5.73 Å². The van der Waals surface area contributed by atoms with Crippen molar-refractivity contribution in [3.8, 4) is 0 Å². The van der Waals surface area contributed by atoms with E-state index in [0.29, 0.717) is 11.8 Å². The molecule has 0 bridgehead atoms. The molecule has 3 atom stereocenters. The normalized spacial score (nSPS) is 30.6. The minimum Gasteiger partial charge on any atom is -0.330 e. The maximum absolute atomic E-state index is 5.91. The molecule has 0 aliphatic heterocycles. The Morgan fingerprint density at radius 1 is 1.50 bits per heavy atom. The van der Waals surface area contributed by atoms with Crippen LogP contribution < -0.4 is 5.73 Å². The average molecular weight is 221 g/mol. The van der Waals surface area contributed by atoms with E-state index in [1.807, 2.05) is 6.20 Å². The Bertz CT molecular complexity index is 332. The van der Waals surface area contributed by atoms with E-state index in [2.05, 4.69) is 29.7 Å². The molecule has 0 aromatic carbocycles. The Morgan fingerprint density at radius 2 is 2.31 bits per heavy atom. The van der Waals surface area contributed by atoms with Crippen LogP contribution in [0.5, 0.6) is 0 Å². The maximum Gasteiger partial charge on any atom is 0.0492 e. The van der Waals surface area contributed by atoms with E-state index in [1.165, 1.54) is 25.0 Å². The van der Waals surface area contributed by atoms with Gasteiger partial charge in [-0.3, -0.25) is 4.68 Å². The lowest BCUT2D eigenvalue weighted by Crippen LogP contribution is -2.29. The molecule has 2 N–H and O–H groups in total. The van der Waals surface area contributed by atoms with E-state index < -0.39 is 0 Å². The third-order valence-electron chi connectivity index (χ3n) is 3.99. The molecule has 0 spiro atoms. The molecule has 1 aromatic heterocycles. The number of aromatic nitrogens is 2. The van der Waals surface area contributed by atoms with Gasteiger partial charge in [-0.15, -0.1) is 0 Å². The zero-order valence-corrected chi connectivity index (χ0v) is 10.4. The van der Waals surface area contributed by atoms with Crippen LogP contribution in [0.15, 0.2) is 12.3 Å². The lowest BCUT2D eigenvalue weighted by molar-refractivity contribution is 0.244. The fraction of sp³-hybridized carbons (Fsp3) is 0.769. The van der Waals surface area contributed by atoms with E-state index in [9.17, 15) is 0 Å². The van der Waals surface area contributed by atoms with Crippen molar-refractivity contribution in [1.29, 1.82) is 0 Å². The van der Waals surface area contributed by atoms with Crippen LogP contribution in [0.3, 0.4) is 0 Å². The molecule has 1 aliphatic carbocycles. The monoisotopic (exact) mass is 221 g/mol. The van der Waals surface area contributed by atoms with Crippen LogP contribution in [-0.2, 0) is 6.54 Å². The largest absolute Gasteiger partial charge is 0.330 e. The highest BCUT2D eigenvalue weighted by Crippen LogP contribution is 2.39. The van der Waals surface area contributed by atoms with Crippen LogP contribution in [0.1, 0.15) is 44.7 Å².